The second-order valence-corrected chi connectivity index (χ2v) is 5.71. The fourth-order valence-electron chi connectivity index (χ4n) is 1.73. The molecule has 0 amide bonds. The first-order valence-electron chi connectivity index (χ1n) is 4.86. The standard InChI is InChI=1S/C12H14S2/c1-9(2)12(10-5-3-7-13-10)11-6-4-8-14-11/h3-9,12H,1-2H3. The smallest absolute Gasteiger partial charge is 0.0300 e. The zero-order chi connectivity index (χ0) is 9.97. The summed E-state index contributed by atoms with van der Waals surface area (Å²) in [5.74, 6) is 1.27. The van der Waals surface area contributed by atoms with E-state index in [-0.39, 0.29) is 0 Å². The molecule has 2 heterocycles. The Balaban J connectivity index is 2.35. The molecular formula is C12H14S2. The van der Waals surface area contributed by atoms with Gasteiger partial charge in [-0.05, 0) is 28.8 Å². The summed E-state index contributed by atoms with van der Waals surface area (Å²) in [7, 11) is 0. The van der Waals surface area contributed by atoms with Crippen LogP contribution in [0.1, 0.15) is 29.5 Å². The van der Waals surface area contributed by atoms with E-state index in [4.69, 9.17) is 0 Å². The molecule has 0 saturated carbocycles. The molecular weight excluding hydrogens is 208 g/mol. The van der Waals surface area contributed by atoms with Gasteiger partial charge in [-0.2, -0.15) is 0 Å². The molecule has 0 aliphatic carbocycles. The zero-order valence-corrected chi connectivity index (χ0v) is 10.1. The average molecular weight is 222 g/mol. The van der Waals surface area contributed by atoms with E-state index in [0.29, 0.717) is 11.8 Å². The quantitative estimate of drug-likeness (QED) is 0.712. The van der Waals surface area contributed by atoms with Crippen molar-refractivity contribution < 1.29 is 0 Å². The van der Waals surface area contributed by atoms with Crippen LogP contribution in [0.2, 0.25) is 0 Å². The van der Waals surface area contributed by atoms with Crippen LogP contribution in [0.5, 0.6) is 0 Å². The van der Waals surface area contributed by atoms with Gasteiger partial charge in [0, 0.05) is 15.7 Å². The molecule has 2 aromatic heterocycles. The van der Waals surface area contributed by atoms with Crippen molar-refractivity contribution in [1.82, 2.24) is 0 Å². The van der Waals surface area contributed by atoms with E-state index in [9.17, 15) is 0 Å². The molecule has 0 saturated heterocycles. The normalized spacial score (nSPS) is 11.4. The summed E-state index contributed by atoms with van der Waals surface area (Å²) >= 11 is 3.73. The van der Waals surface area contributed by atoms with E-state index in [1.807, 2.05) is 22.7 Å². The molecule has 0 aliphatic heterocycles. The monoisotopic (exact) mass is 222 g/mol. The maximum Gasteiger partial charge on any atom is 0.0300 e. The van der Waals surface area contributed by atoms with Crippen LogP contribution in [-0.2, 0) is 0 Å². The average Bonchev–Trinajstić information content (AvgIpc) is 2.75. The molecule has 2 aromatic rings. The Hall–Kier alpha value is -0.600. The van der Waals surface area contributed by atoms with E-state index in [1.54, 1.807) is 0 Å². The largest absolute Gasteiger partial charge is 0.148 e. The summed E-state index contributed by atoms with van der Waals surface area (Å²) in [6.07, 6.45) is 0. The Morgan fingerprint density at radius 1 is 0.929 bits per heavy atom. The van der Waals surface area contributed by atoms with Crippen molar-refractivity contribution in [3.05, 3.63) is 44.8 Å². The highest BCUT2D eigenvalue weighted by atomic mass is 32.1. The Labute approximate surface area is 93.2 Å². The van der Waals surface area contributed by atoms with E-state index in [1.165, 1.54) is 9.75 Å². The Bertz CT molecular complexity index is 323. The fourth-order valence-corrected chi connectivity index (χ4v) is 3.84. The van der Waals surface area contributed by atoms with Gasteiger partial charge in [-0.25, -0.2) is 0 Å². The summed E-state index contributed by atoms with van der Waals surface area (Å²) in [6, 6.07) is 8.77. The number of rotatable bonds is 3. The maximum absolute atomic E-state index is 2.30. The Kier molecular flexibility index (Phi) is 3.04. The summed E-state index contributed by atoms with van der Waals surface area (Å²) in [4.78, 5) is 2.98. The molecule has 0 radical (unpaired) electrons. The third-order valence-electron chi connectivity index (χ3n) is 2.37. The fraction of sp³-hybridized carbons (Fsp3) is 0.333. The second-order valence-electron chi connectivity index (χ2n) is 3.75. The third kappa shape index (κ3) is 1.91. The lowest BCUT2D eigenvalue weighted by Crippen LogP contribution is -2.04. The summed E-state index contributed by atoms with van der Waals surface area (Å²) in [6.45, 7) is 4.59. The van der Waals surface area contributed by atoms with Gasteiger partial charge in [0.15, 0.2) is 0 Å². The predicted molar refractivity (Wildman–Crippen MR) is 65.3 cm³/mol. The van der Waals surface area contributed by atoms with Crippen LogP contribution in [0.25, 0.3) is 0 Å². The van der Waals surface area contributed by atoms with Gasteiger partial charge in [-0.15, -0.1) is 22.7 Å². The highest BCUT2D eigenvalue weighted by Gasteiger charge is 2.19. The minimum absolute atomic E-state index is 0.593. The minimum Gasteiger partial charge on any atom is -0.148 e. The lowest BCUT2D eigenvalue weighted by Gasteiger charge is -2.17. The molecule has 0 unspecified atom stereocenters. The topological polar surface area (TPSA) is 0 Å². The van der Waals surface area contributed by atoms with Gasteiger partial charge in [0.25, 0.3) is 0 Å². The molecule has 2 rings (SSSR count). The van der Waals surface area contributed by atoms with E-state index >= 15 is 0 Å². The Morgan fingerprint density at radius 2 is 1.43 bits per heavy atom. The minimum atomic E-state index is 0.593. The van der Waals surface area contributed by atoms with Crippen molar-refractivity contribution in [2.45, 2.75) is 19.8 Å². The van der Waals surface area contributed by atoms with Gasteiger partial charge >= 0.3 is 0 Å². The van der Waals surface area contributed by atoms with Gasteiger partial charge in [0.2, 0.25) is 0 Å². The van der Waals surface area contributed by atoms with Crippen molar-refractivity contribution >= 4 is 22.7 Å². The molecule has 0 spiro atoms. The molecule has 0 N–H and O–H groups in total. The van der Waals surface area contributed by atoms with Crippen LogP contribution < -0.4 is 0 Å². The van der Waals surface area contributed by atoms with Crippen LogP contribution in [0.15, 0.2) is 35.0 Å². The van der Waals surface area contributed by atoms with Crippen molar-refractivity contribution in [2.75, 3.05) is 0 Å². The summed E-state index contributed by atoms with van der Waals surface area (Å²) in [5.41, 5.74) is 0. The second kappa shape index (κ2) is 4.28. The number of hydrogen-bond acceptors (Lipinski definition) is 2. The summed E-state index contributed by atoms with van der Waals surface area (Å²) in [5, 5.41) is 4.33. The molecule has 0 aromatic carbocycles. The van der Waals surface area contributed by atoms with Crippen molar-refractivity contribution in [1.29, 1.82) is 0 Å². The lowest BCUT2D eigenvalue weighted by atomic mass is 9.93. The van der Waals surface area contributed by atoms with E-state index < -0.39 is 0 Å². The van der Waals surface area contributed by atoms with Crippen LogP contribution in [0.4, 0.5) is 0 Å². The Morgan fingerprint density at radius 3 is 1.71 bits per heavy atom. The SMILES string of the molecule is CC(C)C(c1cccs1)c1cccs1. The van der Waals surface area contributed by atoms with Crippen LogP contribution in [-0.4, -0.2) is 0 Å². The van der Waals surface area contributed by atoms with Crippen molar-refractivity contribution in [3.63, 3.8) is 0 Å². The number of thiophene rings is 2. The predicted octanol–water partition coefficient (Wildman–Crippen LogP) is 4.60. The molecule has 0 nitrogen and oxygen atoms in total. The van der Waals surface area contributed by atoms with Crippen molar-refractivity contribution in [2.24, 2.45) is 5.92 Å². The van der Waals surface area contributed by atoms with Gasteiger partial charge in [0.1, 0.15) is 0 Å². The molecule has 0 bridgehead atoms. The van der Waals surface area contributed by atoms with E-state index in [0.717, 1.165) is 0 Å². The summed E-state index contributed by atoms with van der Waals surface area (Å²) < 4.78 is 0. The highest BCUT2D eigenvalue weighted by molar-refractivity contribution is 7.11. The van der Waals surface area contributed by atoms with Gasteiger partial charge in [0.05, 0.1) is 0 Å². The number of hydrogen-bond donors (Lipinski definition) is 0. The first-order valence-corrected chi connectivity index (χ1v) is 6.62. The zero-order valence-electron chi connectivity index (χ0n) is 8.44. The van der Waals surface area contributed by atoms with Crippen LogP contribution >= 0.6 is 22.7 Å². The van der Waals surface area contributed by atoms with Crippen molar-refractivity contribution in [3.8, 4) is 0 Å². The molecule has 0 fully saturated rings. The van der Waals surface area contributed by atoms with E-state index in [2.05, 4.69) is 48.9 Å². The first kappa shape index (κ1) is 9.94. The van der Waals surface area contributed by atoms with Gasteiger partial charge < -0.3 is 0 Å². The highest BCUT2D eigenvalue weighted by Crippen LogP contribution is 2.36. The van der Waals surface area contributed by atoms with Crippen LogP contribution in [0, 0.1) is 5.92 Å². The molecule has 2 heteroatoms. The van der Waals surface area contributed by atoms with Gasteiger partial charge in [-0.1, -0.05) is 26.0 Å². The lowest BCUT2D eigenvalue weighted by molar-refractivity contribution is 0.578. The maximum atomic E-state index is 2.30. The third-order valence-corrected chi connectivity index (χ3v) is 4.28. The molecule has 74 valence electrons. The van der Waals surface area contributed by atoms with Gasteiger partial charge in [-0.3, -0.25) is 0 Å². The van der Waals surface area contributed by atoms with Crippen LogP contribution in [0.3, 0.4) is 0 Å². The molecule has 0 aliphatic rings. The molecule has 0 atom stereocenters. The first-order chi connectivity index (χ1) is 6.79. The molecule has 14 heavy (non-hydrogen) atoms.